The van der Waals surface area contributed by atoms with Crippen molar-refractivity contribution in [3.05, 3.63) is 76.6 Å². The van der Waals surface area contributed by atoms with E-state index >= 15 is 0 Å². The summed E-state index contributed by atoms with van der Waals surface area (Å²) in [5.41, 5.74) is 8.23. The van der Waals surface area contributed by atoms with Crippen molar-refractivity contribution in [3.63, 3.8) is 0 Å². The molecule has 0 unspecified atom stereocenters. The number of aromatic nitrogens is 4. The third-order valence-corrected chi connectivity index (χ3v) is 5.09. The minimum atomic E-state index is -0.816. The Labute approximate surface area is 174 Å². The summed E-state index contributed by atoms with van der Waals surface area (Å²) in [7, 11) is 3.17. The number of nitrogens with one attached hydrogen (secondary N) is 3. The van der Waals surface area contributed by atoms with Crippen LogP contribution in [-0.4, -0.2) is 52.6 Å². The number of benzene rings is 2. The molecule has 5 N–H and O–H groups in total. The van der Waals surface area contributed by atoms with E-state index < -0.39 is 5.41 Å². The number of carbonyl (C=O) groups is 2. The monoisotopic (exact) mass is 407 g/mol. The Kier molecular flexibility index (Phi) is 6.22. The number of amides is 2. The van der Waals surface area contributed by atoms with Gasteiger partial charge in [-0.05, 0) is 48.7 Å². The Morgan fingerprint density at radius 1 is 0.967 bits per heavy atom. The van der Waals surface area contributed by atoms with Crippen LogP contribution in [0.1, 0.15) is 51.0 Å². The van der Waals surface area contributed by atoms with Crippen molar-refractivity contribution in [2.24, 2.45) is 5.73 Å². The first-order valence-corrected chi connectivity index (χ1v) is 9.57. The van der Waals surface area contributed by atoms with Crippen molar-refractivity contribution in [3.8, 4) is 0 Å². The van der Waals surface area contributed by atoms with E-state index in [-0.39, 0.29) is 17.9 Å². The zero-order valence-electron chi connectivity index (χ0n) is 17.1. The van der Waals surface area contributed by atoms with Crippen molar-refractivity contribution >= 4 is 11.8 Å². The first kappa shape index (κ1) is 21.1. The molecule has 1 atom stereocenters. The third kappa shape index (κ3) is 3.92. The molecule has 0 saturated heterocycles. The van der Waals surface area contributed by atoms with Gasteiger partial charge in [0, 0.05) is 31.3 Å². The average molecular weight is 407 g/mol. The van der Waals surface area contributed by atoms with Gasteiger partial charge in [-0.3, -0.25) is 9.59 Å². The van der Waals surface area contributed by atoms with E-state index in [0.29, 0.717) is 23.4 Å². The molecule has 0 aliphatic carbocycles. The first-order chi connectivity index (χ1) is 14.4. The quantitative estimate of drug-likeness (QED) is 0.461. The molecule has 30 heavy (non-hydrogen) atoms. The van der Waals surface area contributed by atoms with E-state index in [1.165, 1.54) is 0 Å². The van der Waals surface area contributed by atoms with Crippen molar-refractivity contribution in [2.75, 3.05) is 14.1 Å². The molecule has 0 bridgehead atoms. The van der Waals surface area contributed by atoms with Crippen LogP contribution in [-0.2, 0) is 5.41 Å². The summed E-state index contributed by atoms with van der Waals surface area (Å²) in [6.45, 7) is 1.91. The van der Waals surface area contributed by atoms with Gasteiger partial charge in [0.2, 0.25) is 0 Å². The van der Waals surface area contributed by atoms with E-state index in [0.717, 1.165) is 11.1 Å². The SMILES string of the molecule is CNC(=O)c1ccc(C(C[C@H](C)N)(c2ccc(C(=O)NC)cc2)c2nn[nH]n2)cc1. The molecule has 9 nitrogen and oxygen atoms in total. The predicted octanol–water partition coefficient (Wildman–Crippen LogP) is 0.991. The lowest BCUT2D eigenvalue weighted by molar-refractivity contribution is 0.0955. The van der Waals surface area contributed by atoms with Gasteiger partial charge in [-0.1, -0.05) is 29.5 Å². The molecular formula is C21H25N7O2. The van der Waals surface area contributed by atoms with Crippen LogP contribution in [0.25, 0.3) is 0 Å². The smallest absolute Gasteiger partial charge is 0.251 e. The fourth-order valence-electron chi connectivity index (χ4n) is 3.68. The highest BCUT2D eigenvalue weighted by atomic mass is 16.2. The van der Waals surface area contributed by atoms with Crippen molar-refractivity contribution in [1.82, 2.24) is 31.3 Å². The van der Waals surface area contributed by atoms with Gasteiger partial charge in [0.05, 0.1) is 5.41 Å². The molecule has 3 rings (SSSR count). The third-order valence-electron chi connectivity index (χ3n) is 5.09. The highest BCUT2D eigenvalue weighted by Gasteiger charge is 2.41. The molecule has 156 valence electrons. The molecule has 0 radical (unpaired) electrons. The molecule has 0 fully saturated rings. The highest BCUT2D eigenvalue weighted by Crippen LogP contribution is 2.41. The normalized spacial score (nSPS) is 12.3. The number of H-pyrrole nitrogens is 1. The summed E-state index contributed by atoms with van der Waals surface area (Å²) in [4.78, 5) is 23.9. The maximum absolute atomic E-state index is 12.0. The van der Waals surface area contributed by atoms with Gasteiger partial charge in [-0.2, -0.15) is 5.21 Å². The van der Waals surface area contributed by atoms with E-state index in [4.69, 9.17) is 5.73 Å². The first-order valence-electron chi connectivity index (χ1n) is 9.57. The molecule has 3 aromatic rings. The van der Waals surface area contributed by atoms with Gasteiger partial charge in [-0.25, -0.2) is 0 Å². The molecule has 1 heterocycles. The number of hydrogen-bond acceptors (Lipinski definition) is 6. The molecule has 2 amide bonds. The van der Waals surface area contributed by atoms with Crippen molar-refractivity contribution < 1.29 is 9.59 Å². The topological polar surface area (TPSA) is 139 Å². The van der Waals surface area contributed by atoms with Gasteiger partial charge in [-0.15, -0.1) is 10.2 Å². The molecule has 2 aromatic carbocycles. The van der Waals surface area contributed by atoms with Crippen LogP contribution in [0.5, 0.6) is 0 Å². The van der Waals surface area contributed by atoms with E-state index in [1.54, 1.807) is 38.4 Å². The summed E-state index contributed by atoms with van der Waals surface area (Å²) < 4.78 is 0. The predicted molar refractivity (Wildman–Crippen MR) is 112 cm³/mol. The van der Waals surface area contributed by atoms with Gasteiger partial charge in [0.15, 0.2) is 5.82 Å². The van der Waals surface area contributed by atoms with Gasteiger partial charge in [0.25, 0.3) is 11.8 Å². The molecule has 0 saturated carbocycles. The second-order valence-electron chi connectivity index (χ2n) is 7.14. The zero-order chi connectivity index (χ0) is 21.7. The fraction of sp³-hybridized carbons (Fsp3) is 0.286. The van der Waals surface area contributed by atoms with Crippen molar-refractivity contribution in [2.45, 2.75) is 24.8 Å². The van der Waals surface area contributed by atoms with E-state index in [2.05, 4.69) is 31.3 Å². The van der Waals surface area contributed by atoms with Gasteiger partial charge in [0.1, 0.15) is 0 Å². The lowest BCUT2D eigenvalue weighted by Gasteiger charge is -2.34. The summed E-state index contributed by atoms with van der Waals surface area (Å²) >= 11 is 0. The van der Waals surface area contributed by atoms with Crippen LogP contribution in [0.4, 0.5) is 0 Å². The summed E-state index contributed by atoms with van der Waals surface area (Å²) in [5.74, 6) is 0.114. The van der Waals surface area contributed by atoms with Crippen LogP contribution in [0.2, 0.25) is 0 Å². The molecule has 0 aliphatic heterocycles. The number of nitrogens with zero attached hydrogens (tertiary/aromatic N) is 3. The number of carbonyl (C=O) groups excluding carboxylic acids is 2. The fourth-order valence-corrected chi connectivity index (χ4v) is 3.68. The number of nitrogens with two attached hydrogens (primary N) is 1. The molecular weight excluding hydrogens is 382 g/mol. The Balaban J connectivity index is 2.20. The maximum atomic E-state index is 12.0. The Bertz CT molecular complexity index is 937. The minimum absolute atomic E-state index is 0.172. The highest BCUT2D eigenvalue weighted by molar-refractivity contribution is 5.94. The van der Waals surface area contributed by atoms with Crippen molar-refractivity contribution in [1.29, 1.82) is 0 Å². The molecule has 0 spiro atoms. The van der Waals surface area contributed by atoms with Crippen LogP contribution in [0, 0.1) is 0 Å². The van der Waals surface area contributed by atoms with Crippen LogP contribution in [0.15, 0.2) is 48.5 Å². The molecule has 9 heteroatoms. The number of rotatable bonds is 7. The van der Waals surface area contributed by atoms with E-state index in [9.17, 15) is 9.59 Å². The Morgan fingerprint density at radius 3 is 1.77 bits per heavy atom. The number of tetrazole rings is 1. The van der Waals surface area contributed by atoms with Crippen LogP contribution < -0.4 is 16.4 Å². The summed E-state index contributed by atoms with van der Waals surface area (Å²) in [6, 6.07) is 14.3. The second-order valence-corrected chi connectivity index (χ2v) is 7.14. The lowest BCUT2D eigenvalue weighted by Crippen LogP contribution is -2.37. The largest absolute Gasteiger partial charge is 0.355 e. The standard InChI is InChI=1S/C21H25N7O2/c1-13(22)12-21(20-25-27-28-26-20,16-8-4-14(5-9-16)18(29)23-2)17-10-6-15(7-11-17)19(30)24-3/h4-11,13H,12,22H2,1-3H3,(H,23,29)(H,24,30)(H,25,26,27,28)/t13-/m0/s1. The Morgan fingerprint density at radius 2 is 1.43 bits per heavy atom. The number of hydrogen-bond donors (Lipinski definition) is 4. The van der Waals surface area contributed by atoms with E-state index in [1.807, 2.05) is 31.2 Å². The number of aromatic amines is 1. The van der Waals surface area contributed by atoms with Crippen LogP contribution in [0.3, 0.4) is 0 Å². The van der Waals surface area contributed by atoms with Crippen LogP contribution >= 0.6 is 0 Å². The second kappa shape index (κ2) is 8.83. The van der Waals surface area contributed by atoms with Gasteiger partial charge < -0.3 is 16.4 Å². The maximum Gasteiger partial charge on any atom is 0.251 e. The van der Waals surface area contributed by atoms with Gasteiger partial charge >= 0.3 is 0 Å². The Hall–Kier alpha value is -3.59. The summed E-state index contributed by atoms with van der Waals surface area (Å²) in [5, 5.41) is 20.1. The molecule has 1 aromatic heterocycles. The minimum Gasteiger partial charge on any atom is -0.355 e. The lowest BCUT2D eigenvalue weighted by atomic mass is 9.69. The zero-order valence-corrected chi connectivity index (χ0v) is 17.1. The molecule has 0 aliphatic rings. The average Bonchev–Trinajstić information content (AvgIpc) is 3.32. The summed E-state index contributed by atoms with van der Waals surface area (Å²) in [6.07, 6.45) is 0.491.